The molecule has 8 heteroatoms. The first-order chi connectivity index (χ1) is 12.1. The summed E-state index contributed by atoms with van der Waals surface area (Å²) in [4.78, 5) is 10.4. The third kappa shape index (κ3) is 4.36. The number of fused-ring (bicyclic) bond motifs is 1. The summed E-state index contributed by atoms with van der Waals surface area (Å²) in [6, 6.07) is 0. The van der Waals surface area contributed by atoms with E-state index >= 15 is 0 Å². The second-order valence-electron chi connectivity index (χ2n) is 6.50. The van der Waals surface area contributed by atoms with E-state index in [9.17, 15) is 0 Å². The molecule has 3 rings (SSSR count). The average Bonchev–Trinajstić information content (AvgIpc) is 3.12. The Labute approximate surface area is 153 Å². The monoisotopic (exact) mass is 361 g/mol. The number of hydrogen-bond acceptors (Lipinski definition) is 5. The first-order valence-corrected chi connectivity index (χ1v) is 9.72. The van der Waals surface area contributed by atoms with Gasteiger partial charge in [0.15, 0.2) is 5.96 Å². The third-order valence-corrected chi connectivity index (χ3v) is 5.57. The molecular weight excluding hydrogens is 334 g/mol. The van der Waals surface area contributed by atoms with Crippen molar-refractivity contribution in [1.29, 1.82) is 0 Å². The second kappa shape index (κ2) is 7.95. The number of rotatable bonds is 5. The van der Waals surface area contributed by atoms with Gasteiger partial charge in [-0.05, 0) is 40.0 Å². The van der Waals surface area contributed by atoms with Crippen LogP contribution in [-0.2, 0) is 19.5 Å². The highest BCUT2D eigenvalue weighted by Crippen LogP contribution is 2.19. The van der Waals surface area contributed by atoms with Crippen LogP contribution in [0.4, 0.5) is 0 Å². The maximum absolute atomic E-state index is 4.73. The summed E-state index contributed by atoms with van der Waals surface area (Å²) < 4.78 is 2.24. The zero-order chi connectivity index (χ0) is 17.8. The van der Waals surface area contributed by atoms with Crippen molar-refractivity contribution >= 4 is 17.3 Å². The van der Waals surface area contributed by atoms with Gasteiger partial charge in [-0.1, -0.05) is 0 Å². The normalized spacial score (nSPS) is 17.4. The van der Waals surface area contributed by atoms with Crippen molar-refractivity contribution in [3.8, 4) is 0 Å². The first kappa shape index (κ1) is 17.8. The maximum atomic E-state index is 4.73. The fraction of sp³-hybridized carbons (Fsp3) is 0.647. The number of hydrogen-bond donors (Lipinski definition) is 2. The predicted molar refractivity (Wildman–Crippen MR) is 101 cm³/mol. The SMILES string of the molecule is CCNC(=NCc1sc(C)nc1C)NCC1CCc2nnc(C)n2C1. The summed E-state index contributed by atoms with van der Waals surface area (Å²) in [5, 5.41) is 16.4. The van der Waals surface area contributed by atoms with Crippen LogP contribution in [0.15, 0.2) is 4.99 Å². The third-order valence-electron chi connectivity index (χ3n) is 4.51. The quantitative estimate of drug-likeness (QED) is 0.629. The molecule has 0 spiro atoms. The first-order valence-electron chi connectivity index (χ1n) is 8.90. The van der Waals surface area contributed by atoms with Gasteiger partial charge < -0.3 is 15.2 Å². The Morgan fingerprint density at radius 3 is 2.84 bits per heavy atom. The molecule has 2 N–H and O–H groups in total. The zero-order valence-corrected chi connectivity index (χ0v) is 16.3. The molecule has 0 bridgehead atoms. The van der Waals surface area contributed by atoms with E-state index in [1.807, 2.05) is 13.8 Å². The highest BCUT2D eigenvalue weighted by Gasteiger charge is 2.21. The van der Waals surface area contributed by atoms with E-state index in [2.05, 4.69) is 44.2 Å². The van der Waals surface area contributed by atoms with Crippen LogP contribution in [0.25, 0.3) is 0 Å². The van der Waals surface area contributed by atoms with Crippen molar-refractivity contribution in [2.24, 2.45) is 10.9 Å². The van der Waals surface area contributed by atoms with E-state index in [1.165, 1.54) is 4.88 Å². The van der Waals surface area contributed by atoms with Gasteiger partial charge in [0.2, 0.25) is 0 Å². The van der Waals surface area contributed by atoms with Crippen molar-refractivity contribution in [3.05, 3.63) is 27.2 Å². The standard InChI is InChI=1S/C17H27N7S/c1-5-18-17(20-9-15-11(2)21-13(4)25-15)19-8-14-6-7-16-23-22-12(3)24(16)10-14/h14H,5-10H2,1-4H3,(H2,18,19,20). The molecule has 0 saturated heterocycles. The summed E-state index contributed by atoms with van der Waals surface area (Å²) in [6.45, 7) is 11.6. The molecule has 0 fully saturated rings. The fourth-order valence-electron chi connectivity index (χ4n) is 3.15. The molecule has 2 aromatic rings. The molecule has 1 atom stereocenters. The van der Waals surface area contributed by atoms with Crippen molar-refractivity contribution < 1.29 is 0 Å². The van der Waals surface area contributed by atoms with Crippen LogP contribution in [-0.4, -0.2) is 38.8 Å². The number of guanidine groups is 1. The summed E-state index contributed by atoms with van der Waals surface area (Å²) in [5.41, 5.74) is 1.09. The Morgan fingerprint density at radius 1 is 1.28 bits per heavy atom. The lowest BCUT2D eigenvalue weighted by Gasteiger charge is -2.25. The van der Waals surface area contributed by atoms with Gasteiger partial charge in [-0.15, -0.1) is 21.5 Å². The van der Waals surface area contributed by atoms with Gasteiger partial charge in [0.1, 0.15) is 11.6 Å². The van der Waals surface area contributed by atoms with Gasteiger partial charge in [-0.2, -0.15) is 0 Å². The number of aryl methyl sites for hydroxylation is 4. The molecule has 25 heavy (non-hydrogen) atoms. The predicted octanol–water partition coefficient (Wildman–Crippen LogP) is 1.98. The molecule has 3 heterocycles. The Balaban J connectivity index is 1.58. The van der Waals surface area contributed by atoms with Gasteiger partial charge in [-0.3, -0.25) is 0 Å². The van der Waals surface area contributed by atoms with E-state index < -0.39 is 0 Å². The van der Waals surface area contributed by atoms with Gasteiger partial charge >= 0.3 is 0 Å². The minimum Gasteiger partial charge on any atom is -0.357 e. The van der Waals surface area contributed by atoms with E-state index in [1.54, 1.807) is 11.3 Å². The lowest BCUT2D eigenvalue weighted by atomic mass is 9.99. The Morgan fingerprint density at radius 2 is 2.12 bits per heavy atom. The van der Waals surface area contributed by atoms with Crippen LogP contribution >= 0.6 is 11.3 Å². The smallest absolute Gasteiger partial charge is 0.191 e. The van der Waals surface area contributed by atoms with E-state index in [4.69, 9.17) is 4.99 Å². The number of aromatic nitrogens is 4. The molecule has 0 radical (unpaired) electrons. The van der Waals surface area contributed by atoms with Gasteiger partial charge in [0, 0.05) is 30.9 Å². The fourth-order valence-corrected chi connectivity index (χ4v) is 4.01. The Kier molecular flexibility index (Phi) is 5.67. The summed E-state index contributed by atoms with van der Waals surface area (Å²) in [7, 11) is 0. The van der Waals surface area contributed by atoms with E-state index in [0.717, 1.165) is 60.8 Å². The Bertz CT molecular complexity index is 746. The molecule has 0 aliphatic carbocycles. The van der Waals surface area contributed by atoms with Crippen molar-refractivity contribution in [2.75, 3.05) is 13.1 Å². The van der Waals surface area contributed by atoms with E-state index in [-0.39, 0.29) is 0 Å². The number of nitrogens with zero attached hydrogens (tertiary/aromatic N) is 5. The van der Waals surface area contributed by atoms with E-state index in [0.29, 0.717) is 12.5 Å². The number of thiazole rings is 1. The topological polar surface area (TPSA) is 80.0 Å². The van der Waals surface area contributed by atoms with Crippen LogP contribution in [0.5, 0.6) is 0 Å². The van der Waals surface area contributed by atoms with Gasteiger partial charge in [0.25, 0.3) is 0 Å². The molecule has 7 nitrogen and oxygen atoms in total. The van der Waals surface area contributed by atoms with Crippen molar-refractivity contribution in [2.45, 2.75) is 53.6 Å². The molecule has 0 aromatic carbocycles. The highest BCUT2D eigenvalue weighted by molar-refractivity contribution is 7.11. The minimum atomic E-state index is 0.568. The zero-order valence-electron chi connectivity index (χ0n) is 15.5. The van der Waals surface area contributed by atoms with Crippen LogP contribution in [0, 0.1) is 26.7 Å². The van der Waals surface area contributed by atoms with Crippen LogP contribution in [0.1, 0.15) is 40.6 Å². The van der Waals surface area contributed by atoms with Crippen LogP contribution < -0.4 is 10.6 Å². The Hall–Kier alpha value is -1.96. The van der Waals surface area contributed by atoms with Crippen LogP contribution in [0.2, 0.25) is 0 Å². The van der Waals surface area contributed by atoms with Gasteiger partial charge in [0.05, 0.1) is 17.2 Å². The summed E-state index contributed by atoms with van der Waals surface area (Å²) >= 11 is 1.72. The molecule has 136 valence electrons. The molecular formula is C17H27N7S. The lowest BCUT2D eigenvalue weighted by Crippen LogP contribution is -2.41. The summed E-state index contributed by atoms with van der Waals surface area (Å²) in [6.07, 6.45) is 2.14. The largest absolute Gasteiger partial charge is 0.357 e. The molecule has 1 aliphatic heterocycles. The van der Waals surface area contributed by atoms with Gasteiger partial charge in [-0.25, -0.2) is 9.98 Å². The second-order valence-corrected chi connectivity index (χ2v) is 7.78. The van der Waals surface area contributed by atoms with Crippen molar-refractivity contribution in [1.82, 2.24) is 30.4 Å². The maximum Gasteiger partial charge on any atom is 0.191 e. The number of aliphatic imine (C=N–C) groups is 1. The minimum absolute atomic E-state index is 0.568. The number of nitrogens with one attached hydrogen (secondary N) is 2. The summed E-state index contributed by atoms with van der Waals surface area (Å²) in [5.74, 6) is 3.57. The molecule has 0 amide bonds. The highest BCUT2D eigenvalue weighted by atomic mass is 32.1. The molecule has 2 aromatic heterocycles. The van der Waals surface area contributed by atoms with Crippen LogP contribution in [0.3, 0.4) is 0 Å². The molecule has 1 aliphatic rings. The van der Waals surface area contributed by atoms with Crippen molar-refractivity contribution in [3.63, 3.8) is 0 Å². The molecule has 0 saturated carbocycles. The average molecular weight is 362 g/mol. The lowest BCUT2D eigenvalue weighted by molar-refractivity contribution is 0.358. The molecule has 1 unspecified atom stereocenters.